The van der Waals surface area contributed by atoms with Crippen LogP contribution in [0.3, 0.4) is 0 Å². The van der Waals surface area contributed by atoms with Crippen LogP contribution in [0.15, 0.2) is 12.2 Å². The van der Waals surface area contributed by atoms with Crippen LogP contribution in [0.1, 0.15) is 117 Å². The Morgan fingerprint density at radius 1 is 0.793 bits per heavy atom. The predicted molar refractivity (Wildman–Crippen MR) is 123 cm³/mol. The molecule has 172 valence electrons. The van der Waals surface area contributed by atoms with Gasteiger partial charge in [0.25, 0.3) is 0 Å². The number of allylic oxidation sites excluding steroid dienone is 2. The zero-order valence-electron chi connectivity index (χ0n) is 19.5. The van der Waals surface area contributed by atoms with E-state index < -0.39 is 12.1 Å². The standard InChI is InChI=1S/C25H48O4/c1-4-5-6-7-8-9-10-11-12-13-14-15-16-17-18-19-21-28-22-20-24(25(26)27)29-23(2)3/h11-12,23-24H,4-10,13-22H2,1-3H3,(H,26,27)/b12-11-. The molecule has 1 unspecified atom stereocenters. The van der Waals surface area contributed by atoms with Gasteiger partial charge in [-0.2, -0.15) is 0 Å². The van der Waals surface area contributed by atoms with Crippen molar-refractivity contribution in [1.82, 2.24) is 0 Å². The lowest BCUT2D eigenvalue weighted by Gasteiger charge is -2.16. The lowest BCUT2D eigenvalue weighted by Crippen LogP contribution is -2.28. The fraction of sp³-hybridized carbons (Fsp3) is 0.880. The van der Waals surface area contributed by atoms with E-state index in [2.05, 4.69) is 19.1 Å². The van der Waals surface area contributed by atoms with Gasteiger partial charge >= 0.3 is 5.97 Å². The van der Waals surface area contributed by atoms with E-state index in [1.165, 1.54) is 83.5 Å². The highest BCUT2D eigenvalue weighted by atomic mass is 16.5. The van der Waals surface area contributed by atoms with Gasteiger partial charge in [-0.1, -0.05) is 76.9 Å². The summed E-state index contributed by atoms with van der Waals surface area (Å²) in [6, 6.07) is 0. The van der Waals surface area contributed by atoms with Gasteiger partial charge in [0.05, 0.1) is 6.10 Å². The molecule has 0 spiro atoms. The molecule has 0 aromatic carbocycles. The van der Waals surface area contributed by atoms with Crippen LogP contribution in [0, 0.1) is 0 Å². The Labute approximate surface area is 180 Å². The zero-order valence-corrected chi connectivity index (χ0v) is 19.5. The topological polar surface area (TPSA) is 55.8 Å². The van der Waals surface area contributed by atoms with Crippen molar-refractivity contribution < 1.29 is 19.4 Å². The van der Waals surface area contributed by atoms with Crippen LogP contribution < -0.4 is 0 Å². The molecule has 1 atom stereocenters. The maximum atomic E-state index is 11.1. The van der Waals surface area contributed by atoms with Gasteiger partial charge in [0.15, 0.2) is 6.10 Å². The average molecular weight is 413 g/mol. The van der Waals surface area contributed by atoms with E-state index in [9.17, 15) is 4.79 Å². The average Bonchev–Trinajstić information content (AvgIpc) is 2.68. The minimum atomic E-state index is -0.903. The van der Waals surface area contributed by atoms with Crippen molar-refractivity contribution in [2.45, 2.75) is 129 Å². The molecule has 29 heavy (non-hydrogen) atoms. The number of hydrogen-bond acceptors (Lipinski definition) is 3. The maximum absolute atomic E-state index is 11.1. The first-order valence-electron chi connectivity index (χ1n) is 12.2. The largest absolute Gasteiger partial charge is 0.479 e. The molecule has 4 heteroatoms. The van der Waals surface area contributed by atoms with E-state index in [1.807, 2.05) is 13.8 Å². The highest BCUT2D eigenvalue weighted by Gasteiger charge is 2.18. The summed E-state index contributed by atoms with van der Waals surface area (Å²) < 4.78 is 10.9. The van der Waals surface area contributed by atoms with E-state index in [0.717, 1.165) is 13.0 Å². The van der Waals surface area contributed by atoms with Crippen molar-refractivity contribution in [3.63, 3.8) is 0 Å². The molecule has 0 aliphatic carbocycles. The van der Waals surface area contributed by atoms with Crippen molar-refractivity contribution in [1.29, 1.82) is 0 Å². The zero-order chi connectivity index (χ0) is 21.6. The Bertz CT molecular complexity index is 379. The minimum Gasteiger partial charge on any atom is -0.479 e. The first-order chi connectivity index (χ1) is 14.1. The Kier molecular flexibility index (Phi) is 21.2. The third-order valence-corrected chi connectivity index (χ3v) is 5.04. The van der Waals surface area contributed by atoms with Crippen LogP contribution in [0.5, 0.6) is 0 Å². The third-order valence-electron chi connectivity index (χ3n) is 5.04. The molecule has 0 aliphatic rings. The lowest BCUT2D eigenvalue weighted by molar-refractivity contribution is -0.154. The molecule has 0 saturated heterocycles. The van der Waals surface area contributed by atoms with Crippen LogP contribution >= 0.6 is 0 Å². The minimum absolute atomic E-state index is 0.0769. The molecule has 0 aromatic heterocycles. The summed E-state index contributed by atoms with van der Waals surface area (Å²) in [5.74, 6) is -0.903. The van der Waals surface area contributed by atoms with Gasteiger partial charge in [0.1, 0.15) is 0 Å². The van der Waals surface area contributed by atoms with E-state index in [4.69, 9.17) is 14.6 Å². The van der Waals surface area contributed by atoms with E-state index in [0.29, 0.717) is 13.0 Å². The van der Waals surface area contributed by atoms with Crippen molar-refractivity contribution in [2.75, 3.05) is 13.2 Å². The SMILES string of the molecule is CCCCCCCC/C=C\CCCCCCCCOCCC(OC(C)C)C(=O)O. The summed E-state index contributed by atoms with van der Waals surface area (Å²) in [4.78, 5) is 11.1. The van der Waals surface area contributed by atoms with Crippen LogP contribution in [0.4, 0.5) is 0 Å². The molecule has 1 N–H and O–H groups in total. The van der Waals surface area contributed by atoms with Crippen LogP contribution in [0.2, 0.25) is 0 Å². The fourth-order valence-electron chi connectivity index (χ4n) is 3.32. The van der Waals surface area contributed by atoms with Gasteiger partial charge in [-0.25, -0.2) is 4.79 Å². The van der Waals surface area contributed by atoms with Crippen molar-refractivity contribution in [3.8, 4) is 0 Å². The maximum Gasteiger partial charge on any atom is 0.332 e. The van der Waals surface area contributed by atoms with Gasteiger partial charge in [-0.15, -0.1) is 0 Å². The second kappa shape index (κ2) is 21.8. The molecule has 0 saturated carbocycles. The molecule has 0 fully saturated rings. The number of carboxylic acids is 1. The molecule has 0 amide bonds. The summed E-state index contributed by atoms with van der Waals surface area (Å²) >= 11 is 0. The highest BCUT2D eigenvalue weighted by Crippen LogP contribution is 2.10. The fourth-order valence-corrected chi connectivity index (χ4v) is 3.32. The summed E-state index contributed by atoms with van der Waals surface area (Å²) in [7, 11) is 0. The van der Waals surface area contributed by atoms with Gasteiger partial charge in [0.2, 0.25) is 0 Å². The molecule has 0 bridgehead atoms. The first kappa shape index (κ1) is 28.1. The van der Waals surface area contributed by atoms with E-state index in [-0.39, 0.29) is 6.10 Å². The van der Waals surface area contributed by atoms with Crippen molar-refractivity contribution in [2.24, 2.45) is 0 Å². The van der Waals surface area contributed by atoms with Crippen molar-refractivity contribution in [3.05, 3.63) is 12.2 Å². The van der Waals surface area contributed by atoms with Crippen LogP contribution in [0.25, 0.3) is 0 Å². The van der Waals surface area contributed by atoms with Gasteiger partial charge < -0.3 is 14.6 Å². The smallest absolute Gasteiger partial charge is 0.332 e. The normalized spacial score (nSPS) is 12.8. The molecule has 0 aliphatic heterocycles. The van der Waals surface area contributed by atoms with Crippen LogP contribution in [-0.4, -0.2) is 36.5 Å². The molecule has 0 aromatic rings. The number of carbonyl (C=O) groups is 1. The van der Waals surface area contributed by atoms with Gasteiger partial charge in [0, 0.05) is 19.6 Å². The number of hydrogen-bond donors (Lipinski definition) is 1. The summed E-state index contributed by atoms with van der Waals surface area (Å²) in [6.45, 7) is 7.14. The Balaban J connectivity index is 3.29. The second-order valence-electron chi connectivity index (χ2n) is 8.35. The quantitative estimate of drug-likeness (QED) is 0.150. The lowest BCUT2D eigenvalue weighted by atomic mass is 10.1. The number of aliphatic carboxylic acids is 1. The molecular formula is C25H48O4. The molecule has 0 rings (SSSR count). The molecule has 0 radical (unpaired) electrons. The third kappa shape index (κ3) is 21.7. The Hall–Kier alpha value is -0.870. The van der Waals surface area contributed by atoms with E-state index in [1.54, 1.807) is 0 Å². The predicted octanol–water partition coefficient (Wildman–Crippen LogP) is 7.31. The molecule has 0 heterocycles. The number of ether oxygens (including phenoxy) is 2. The monoisotopic (exact) mass is 412 g/mol. The van der Waals surface area contributed by atoms with Gasteiger partial charge in [-0.05, 0) is 46.0 Å². The Morgan fingerprint density at radius 3 is 1.83 bits per heavy atom. The van der Waals surface area contributed by atoms with Gasteiger partial charge in [-0.3, -0.25) is 0 Å². The molecule has 4 nitrogen and oxygen atoms in total. The first-order valence-corrected chi connectivity index (χ1v) is 12.2. The number of carboxylic acid groups (broad SMARTS) is 1. The van der Waals surface area contributed by atoms with Crippen LogP contribution in [-0.2, 0) is 14.3 Å². The summed E-state index contributed by atoms with van der Waals surface area (Å²) in [5.41, 5.74) is 0. The van der Waals surface area contributed by atoms with Crippen molar-refractivity contribution >= 4 is 5.97 Å². The number of rotatable bonds is 22. The Morgan fingerprint density at radius 2 is 1.31 bits per heavy atom. The second-order valence-corrected chi connectivity index (χ2v) is 8.35. The summed E-state index contributed by atoms with van der Waals surface area (Å²) in [5, 5.41) is 9.09. The number of unbranched alkanes of at least 4 members (excludes halogenated alkanes) is 12. The highest BCUT2D eigenvalue weighted by molar-refractivity contribution is 5.72. The van der Waals surface area contributed by atoms with E-state index >= 15 is 0 Å². The summed E-state index contributed by atoms with van der Waals surface area (Å²) in [6.07, 6.45) is 22.5. The molecular weight excluding hydrogens is 364 g/mol.